The van der Waals surface area contributed by atoms with E-state index in [-0.39, 0.29) is 6.79 Å². The summed E-state index contributed by atoms with van der Waals surface area (Å²) in [5.41, 5.74) is 2.31. The monoisotopic (exact) mass is 329 g/mol. The molecule has 1 aromatic carbocycles. The zero-order valence-corrected chi connectivity index (χ0v) is 14.0. The number of aromatic nitrogens is 2. The van der Waals surface area contributed by atoms with Crippen LogP contribution in [0.2, 0.25) is 0 Å². The maximum atomic E-state index is 5.46. The summed E-state index contributed by atoms with van der Waals surface area (Å²) in [4.78, 5) is 4.74. The molecule has 0 amide bonds. The largest absolute Gasteiger partial charge is 0.493 e. The van der Waals surface area contributed by atoms with E-state index < -0.39 is 0 Å². The van der Waals surface area contributed by atoms with Crippen LogP contribution >= 0.6 is 0 Å². The summed E-state index contributed by atoms with van der Waals surface area (Å²) in [6.45, 7) is 3.04. The molecule has 0 bridgehead atoms. The third-order valence-corrected chi connectivity index (χ3v) is 4.56. The second-order valence-corrected chi connectivity index (χ2v) is 6.26. The summed E-state index contributed by atoms with van der Waals surface area (Å²) >= 11 is 0. The number of ether oxygens (including phenoxy) is 3. The van der Waals surface area contributed by atoms with Gasteiger partial charge in [-0.2, -0.15) is 0 Å². The van der Waals surface area contributed by atoms with Gasteiger partial charge >= 0.3 is 0 Å². The molecule has 6 nitrogen and oxygen atoms in total. The van der Waals surface area contributed by atoms with Gasteiger partial charge in [0.05, 0.1) is 12.8 Å². The summed E-state index contributed by atoms with van der Waals surface area (Å²) in [6.07, 6.45) is 6.81. The van der Waals surface area contributed by atoms with E-state index in [0.717, 1.165) is 49.5 Å². The molecule has 1 aromatic heterocycles. The van der Waals surface area contributed by atoms with Crippen molar-refractivity contribution in [3.05, 3.63) is 35.4 Å². The van der Waals surface area contributed by atoms with Crippen molar-refractivity contribution < 1.29 is 14.2 Å². The lowest BCUT2D eigenvalue weighted by Crippen LogP contribution is -2.16. The highest BCUT2D eigenvalue weighted by molar-refractivity contribution is 5.55. The van der Waals surface area contributed by atoms with Gasteiger partial charge in [-0.25, -0.2) is 4.98 Å². The summed E-state index contributed by atoms with van der Waals surface area (Å²) in [5.74, 6) is 3.43. The van der Waals surface area contributed by atoms with Crippen LogP contribution in [0.15, 0.2) is 18.3 Å². The first-order valence-corrected chi connectivity index (χ1v) is 8.55. The normalized spacial score (nSPS) is 15.4. The third-order valence-electron chi connectivity index (χ3n) is 4.56. The van der Waals surface area contributed by atoms with Gasteiger partial charge in [0.25, 0.3) is 0 Å². The topological polar surface area (TPSA) is 57.5 Å². The smallest absolute Gasteiger partial charge is 0.231 e. The number of benzene rings is 1. The molecular formula is C18H23N3O3. The number of nitrogens with zero attached hydrogens (tertiary/aromatic N) is 2. The van der Waals surface area contributed by atoms with Gasteiger partial charge < -0.3 is 24.1 Å². The van der Waals surface area contributed by atoms with Crippen molar-refractivity contribution in [1.82, 2.24) is 14.9 Å². The number of aryl methyl sites for hydroxylation is 2. The molecule has 0 saturated carbocycles. The van der Waals surface area contributed by atoms with Crippen LogP contribution in [0.3, 0.4) is 0 Å². The molecule has 2 aromatic rings. The van der Waals surface area contributed by atoms with Gasteiger partial charge in [-0.1, -0.05) is 0 Å². The summed E-state index contributed by atoms with van der Waals surface area (Å²) in [7, 11) is 1.65. The Morgan fingerprint density at radius 3 is 3.12 bits per heavy atom. The average molecular weight is 329 g/mol. The fraction of sp³-hybridized carbons (Fsp3) is 0.500. The van der Waals surface area contributed by atoms with Crippen LogP contribution in [-0.4, -0.2) is 30.0 Å². The molecule has 24 heavy (non-hydrogen) atoms. The van der Waals surface area contributed by atoms with Gasteiger partial charge in [0.2, 0.25) is 12.5 Å². The average Bonchev–Trinajstić information content (AvgIpc) is 3.24. The van der Waals surface area contributed by atoms with E-state index in [0.29, 0.717) is 5.75 Å². The van der Waals surface area contributed by atoms with E-state index in [2.05, 4.69) is 16.1 Å². The van der Waals surface area contributed by atoms with Crippen LogP contribution in [-0.2, 0) is 25.9 Å². The Balaban J connectivity index is 1.32. The lowest BCUT2D eigenvalue weighted by Gasteiger charge is -2.11. The van der Waals surface area contributed by atoms with Crippen LogP contribution in [0, 0.1) is 0 Å². The predicted octanol–water partition coefficient (Wildman–Crippen LogP) is 2.29. The molecule has 2 aliphatic heterocycles. The molecule has 0 fully saturated rings. The molecule has 2 aliphatic rings. The first-order chi connectivity index (χ1) is 11.8. The standard InChI is InChI=1S/C18H23N3O3/c1-22-15-8-13(9-16-18(15)24-12-23-16)10-19-6-5-14-11-21-7-3-2-4-17(21)20-14/h8-9,11,19H,2-7,10,12H2,1H3. The van der Waals surface area contributed by atoms with Crippen molar-refractivity contribution in [2.45, 2.75) is 38.8 Å². The van der Waals surface area contributed by atoms with Crippen molar-refractivity contribution in [3.8, 4) is 17.2 Å². The predicted molar refractivity (Wildman–Crippen MR) is 89.7 cm³/mol. The zero-order valence-electron chi connectivity index (χ0n) is 14.0. The summed E-state index contributed by atoms with van der Waals surface area (Å²) in [5, 5.41) is 3.47. The van der Waals surface area contributed by atoms with Gasteiger partial charge in [-0.05, 0) is 30.5 Å². The highest BCUT2D eigenvalue weighted by Gasteiger charge is 2.20. The molecule has 0 atom stereocenters. The van der Waals surface area contributed by atoms with E-state index >= 15 is 0 Å². The molecule has 128 valence electrons. The number of imidazole rings is 1. The van der Waals surface area contributed by atoms with Crippen LogP contribution in [0.25, 0.3) is 0 Å². The number of nitrogens with one attached hydrogen (secondary N) is 1. The van der Waals surface area contributed by atoms with E-state index in [1.54, 1.807) is 7.11 Å². The molecule has 0 saturated heterocycles. The molecule has 0 radical (unpaired) electrons. The van der Waals surface area contributed by atoms with Gasteiger partial charge in [0, 0.05) is 38.7 Å². The molecule has 0 aliphatic carbocycles. The van der Waals surface area contributed by atoms with Crippen molar-refractivity contribution in [1.29, 1.82) is 0 Å². The van der Waals surface area contributed by atoms with Gasteiger partial charge in [-0.15, -0.1) is 0 Å². The third kappa shape index (κ3) is 3.06. The first kappa shape index (κ1) is 15.3. The molecule has 6 heteroatoms. The number of rotatable bonds is 6. The Bertz CT molecular complexity index is 703. The minimum Gasteiger partial charge on any atom is -0.493 e. The van der Waals surface area contributed by atoms with Crippen molar-refractivity contribution in [3.63, 3.8) is 0 Å². The maximum absolute atomic E-state index is 5.46. The Labute approximate surface area is 141 Å². The molecule has 1 N–H and O–H groups in total. The van der Waals surface area contributed by atoms with Crippen molar-refractivity contribution >= 4 is 0 Å². The first-order valence-electron chi connectivity index (χ1n) is 8.55. The summed E-state index contributed by atoms with van der Waals surface area (Å²) < 4.78 is 18.6. The van der Waals surface area contributed by atoms with Crippen molar-refractivity contribution in [2.75, 3.05) is 20.4 Å². The lowest BCUT2D eigenvalue weighted by molar-refractivity contribution is 0.171. The molecule has 0 unspecified atom stereocenters. The Morgan fingerprint density at radius 2 is 2.25 bits per heavy atom. The van der Waals surface area contributed by atoms with E-state index in [1.807, 2.05) is 12.1 Å². The second-order valence-electron chi connectivity index (χ2n) is 6.26. The number of hydrogen-bond acceptors (Lipinski definition) is 5. The number of hydrogen-bond donors (Lipinski definition) is 1. The van der Waals surface area contributed by atoms with Gasteiger partial charge in [-0.3, -0.25) is 0 Å². The quantitative estimate of drug-likeness (QED) is 0.824. The number of methoxy groups -OCH3 is 1. The Morgan fingerprint density at radius 1 is 1.29 bits per heavy atom. The van der Waals surface area contributed by atoms with Crippen LogP contribution in [0.1, 0.15) is 29.9 Å². The second kappa shape index (κ2) is 6.73. The molecule has 3 heterocycles. The highest BCUT2D eigenvalue weighted by atomic mass is 16.7. The van der Waals surface area contributed by atoms with E-state index in [4.69, 9.17) is 19.2 Å². The minimum atomic E-state index is 0.258. The fourth-order valence-corrected chi connectivity index (χ4v) is 3.33. The Hall–Kier alpha value is -2.21. The zero-order chi connectivity index (χ0) is 16.4. The maximum Gasteiger partial charge on any atom is 0.231 e. The van der Waals surface area contributed by atoms with Crippen molar-refractivity contribution in [2.24, 2.45) is 0 Å². The molecule has 0 spiro atoms. The molecule has 4 rings (SSSR count). The lowest BCUT2D eigenvalue weighted by atomic mass is 10.2. The fourth-order valence-electron chi connectivity index (χ4n) is 3.33. The van der Waals surface area contributed by atoms with Gasteiger partial charge in [0.1, 0.15) is 5.82 Å². The molecular weight excluding hydrogens is 306 g/mol. The minimum absolute atomic E-state index is 0.258. The van der Waals surface area contributed by atoms with Gasteiger partial charge in [0.15, 0.2) is 11.5 Å². The van der Waals surface area contributed by atoms with Crippen LogP contribution in [0.4, 0.5) is 0 Å². The van der Waals surface area contributed by atoms with Crippen LogP contribution < -0.4 is 19.5 Å². The van der Waals surface area contributed by atoms with Crippen LogP contribution in [0.5, 0.6) is 17.2 Å². The van der Waals surface area contributed by atoms with E-state index in [9.17, 15) is 0 Å². The summed E-state index contributed by atoms with van der Waals surface area (Å²) in [6, 6.07) is 4.00. The highest BCUT2D eigenvalue weighted by Crippen LogP contribution is 2.41. The Kier molecular flexibility index (Phi) is 4.30. The van der Waals surface area contributed by atoms with E-state index in [1.165, 1.54) is 24.4 Å². The SMILES string of the molecule is COc1cc(CNCCc2cn3c(n2)CCCC3)cc2c1OCO2. The number of fused-ring (bicyclic) bond motifs is 2.